The Morgan fingerprint density at radius 2 is 1.77 bits per heavy atom. The Morgan fingerprint density at radius 1 is 1.18 bits per heavy atom. The third-order valence-corrected chi connectivity index (χ3v) is 4.07. The molecule has 7 nitrogen and oxygen atoms in total. The van der Waals surface area contributed by atoms with Gasteiger partial charge in [0.2, 0.25) is 0 Å². The third kappa shape index (κ3) is 11.9. The van der Waals surface area contributed by atoms with Gasteiger partial charge in [0, 0.05) is 12.6 Å². The molecule has 0 aromatic heterocycles. The standard InChI is InChI=1S/C13H29BN2O3.CO2/c15-13(3-1-2-7-14(18)19)6-10-16-8-4-12(11-17)5-9-16;2-1-3/h12-13,17-19H,1-11,15H2;. The molecule has 0 aromatic carbocycles. The van der Waals surface area contributed by atoms with E-state index in [0.29, 0.717) is 18.8 Å². The van der Waals surface area contributed by atoms with Crippen molar-refractivity contribution in [1.82, 2.24) is 4.90 Å². The first-order valence-electron chi connectivity index (χ1n) is 7.97. The quantitative estimate of drug-likeness (QED) is 0.333. The molecule has 1 aliphatic heterocycles. The maximum atomic E-state index is 9.08. The second-order valence-corrected chi connectivity index (χ2v) is 5.86. The first-order chi connectivity index (χ1) is 10.5. The summed E-state index contributed by atoms with van der Waals surface area (Å²) in [5.41, 5.74) is 6.07. The minimum atomic E-state index is -1.18. The number of nitrogens with two attached hydrogens (primary N) is 1. The summed E-state index contributed by atoms with van der Waals surface area (Å²) in [6.45, 7) is 3.52. The van der Waals surface area contributed by atoms with Crippen molar-refractivity contribution in [2.24, 2.45) is 11.7 Å². The van der Waals surface area contributed by atoms with Crippen molar-refractivity contribution >= 4 is 13.3 Å². The Labute approximate surface area is 132 Å². The number of rotatable bonds is 9. The lowest BCUT2D eigenvalue weighted by Gasteiger charge is -2.31. The molecule has 0 amide bonds. The summed E-state index contributed by atoms with van der Waals surface area (Å²) in [5, 5.41) is 26.5. The van der Waals surface area contributed by atoms with Crippen molar-refractivity contribution in [1.29, 1.82) is 0 Å². The van der Waals surface area contributed by atoms with Crippen LogP contribution in [0.25, 0.3) is 0 Å². The predicted molar refractivity (Wildman–Crippen MR) is 82.7 cm³/mol. The van der Waals surface area contributed by atoms with E-state index in [4.69, 9.17) is 30.5 Å². The van der Waals surface area contributed by atoms with Crippen LogP contribution in [0.2, 0.25) is 6.32 Å². The van der Waals surface area contributed by atoms with Crippen molar-refractivity contribution in [2.45, 2.75) is 50.9 Å². The van der Waals surface area contributed by atoms with Crippen LogP contribution in [0, 0.1) is 5.92 Å². The van der Waals surface area contributed by atoms with Crippen molar-refractivity contribution in [2.75, 3.05) is 26.2 Å². The molecule has 1 atom stereocenters. The molecule has 1 heterocycles. The molecule has 8 heteroatoms. The molecular formula is C14H29BN2O5. The third-order valence-electron chi connectivity index (χ3n) is 4.07. The average molecular weight is 316 g/mol. The molecule has 1 rings (SSSR count). The van der Waals surface area contributed by atoms with Gasteiger partial charge < -0.3 is 25.8 Å². The molecule has 5 N–H and O–H groups in total. The van der Waals surface area contributed by atoms with E-state index >= 15 is 0 Å². The van der Waals surface area contributed by atoms with Gasteiger partial charge in [-0.2, -0.15) is 9.59 Å². The summed E-state index contributed by atoms with van der Waals surface area (Å²) in [5.74, 6) is 0.495. The molecule has 0 saturated carbocycles. The highest BCUT2D eigenvalue weighted by Crippen LogP contribution is 2.17. The summed E-state index contributed by atoms with van der Waals surface area (Å²) in [6.07, 6.45) is 6.64. The molecule has 1 fully saturated rings. The summed E-state index contributed by atoms with van der Waals surface area (Å²) in [4.78, 5) is 18.7. The van der Waals surface area contributed by atoms with Crippen LogP contribution >= 0.6 is 0 Å². The number of aliphatic hydroxyl groups excluding tert-OH is 1. The van der Waals surface area contributed by atoms with Gasteiger partial charge in [-0.3, -0.25) is 0 Å². The molecule has 1 aliphatic rings. The fourth-order valence-corrected chi connectivity index (χ4v) is 2.62. The molecule has 0 bridgehead atoms. The smallest absolute Gasteiger partial charge is 0.427 e. The molecule has 22 heavy (non-hydrogen) atoms. The van der Waals surface area contributed by atoms with Crippen LogP contribution in [-0.4, -0.2) is 65.6 Å². The highest BCUT2D eigenvalue weighted by Gasteiger charge is 2.18. The lowest BCUT2D eigenvalue weighted by atomic mass is 9.83. The van der Waals surface area contributed by atoms with Gasteiger partial charge in [-0.25, -0.2) is 0 Å². The van der Waals surface area contributed by atoms with Crippen molar-refractivity contribution in [3.05, 3.63) is 0 Å². The lowest BCUT2D eigenvalue weighted by molar-refractivity contribution is -0.191. The van der Waals surface area contributed by atoms with Gasteiger partial charge in [0.15, 0.2) is 0 Å². The van der Waals surface area contributed by atoms with Crippen molar-refractivity contribution in [3.63, 3.8) is 0 Å². The van der Waals surface area contributed by atoms with Gasteiger partial charge in [0.1, 0.15) is 0 Å². The number of nitrogens with zero attached hydrogens (tertiary/aromatic N) is 1. The molecular weight excluding hydrogens is 287 g/mol. The maximum Gasteiger partial charge on any atom is 0.451 e. The number of hydrogen-bond acceptors (Lipinski definition) is 7. The van der Waals surface area contributed by atoms with Gasteiger partial charge in [-0.1, -0.05) is 12.8 Å². The van der Waals surface area contributed by atoms with E-state index in [-0.39, 0.29) is 12.2 Å². The van der Waals surface area contributed by atoms with Crippen LogP contribution in [0.15, 0.2) is 0 Å². The molecule has 1 unspecified atom stereocenters. The molecule has 0 aromatic rings. The number of hydrogen-bond donors (Lipinski definition) is 4. The van der Waals surface area contributed by atoms with E-state index in [1.807, 2.05) is 0 Å². The van der Waals surface area contributed by atoms with Crippen LogP contribution in [0.3, 0.4) is 0 Å². The predicted octanol–water partition coefficient (Wildman–Crippen LogP) is -0.532. The van der Waals surface area contributed by atoms with Gasteiger partial charge in [0.25, 0.3) is 0 Å². The first-order valence-corrected chi connectivity index (χ1v) is 7.97. The van der Waals surface area contributed by atoms with Crippen LogP contribution in [0.5, 0.6) is 0 Å². The van der Waals surface area contributed by atoms with E-state index in [0.717, 1.165) is 58.2 Å². The van der Waals surface area contributed by atoms with E-state index in [1.165, 1.54) is 0 Å². The highest BCUT2D eigenvalue weighted by atomic mass is 16.4. The Hall–Kier alpha value is -0.755. The number of piperidine rings is 1. The summed E-state index contributed by atoms with van der Waals surface area (Å²) >= 11 is 0. The van der Waals surface area contributed by atoms with Gasteiger partial charge in [-0.05, 0) is 57.6 Å². The molecule has 0 spiro atoms. The second-order valence-electron chi connectivity index (χ2n) is 5.86. The highest BCUT2D eigenvalue weighted by molar-refractivity contribution is 6.40. The van der Waals surface area contributed by atoms with Crippen molar-refractivity contribution in [3.8, 4) is 0 Å². The zero-order valence-electron chi connectivity index (χ0n) is 13.2. The minimum Gasteiger partial charge on any atom is -0.427 e. The molecule has 1 saturated heterocycles. The van der Waals surface area contributed by atoms with Crippen LogP contribution in [-0.2, 0) is 9.59 Å². The van der Waals surface area contributed by atoms with E-state index in [9.17, 15) is 0 Å². The number of carbonyl (C=O) groups excluding carboxylic acids is 2. The van der Waals surface area contributed by atoms with Gasteiger partial charge in [0.05, 0.1) is 0 Å². The van der Waals surface area contributed by atoms with Crippen LogP contribution < -0.4 is 5.73 Å². The summed E-state index contributed by atoms with van der Waals surface area (Å²) in [6, 6.07) is 0.214. The zero-order valence-corrected chi connectivity index (χ0v) is 13.2. The average Bonchev–Trinajstić information content (AvgIpc) is 2.50. The summed E-state index contributed by atoms with van der Waals surface area (Å²) < 4.78 is 0. The van der Waals surface area contributed by atoms with Crippen LogP contribution in [0.4, 0.5) is 0 Å². The van der Waals surface area contributed by atoms with E-state index < -0.39 is 7.12 Å². The van der Waals surface area contributed by atoms with Crippen LogP contribution in [0.1, 0.15) is 38.5 Å². The number of likely N-dealkylation sites (tertiary alicyclic amines) is 1. The monoisotopic (exact) mass is 316 g/mol. The topological polar surface area (TPSA) is 124 Å². The normalized spacial score (nSPS) is 17.3. The Balaban J connectivity index is 0.00000135. The van der Waals surface area contributed by atoms with E-state index in [2.05, 4.69) is 4.90 Å². The van der Waals surface area contributed by atoms with E-state index in [1.54, 1.807) is 0 Å². The fraction of sp³-hybridized carbons (Fsp3) is 0.929. The molecule has 128 valence electrons. The first kappa shape index (κ1) is 21.2. The largest absolute Gasteiger partial charge is 0.451 e. The number of aliphatic hydroxyl groups is 1. The van der Waals surface area contributed by atoms with Gasteiger partial charge in [-0.15, -0.1) is 0 Å². The van der Waals surface area contributed by atoms with Crippen molar-refractivity contribution < 1.29 is 24.7 Å². The Bertz CT molecular complexity index is 293. The lowest BCUT2D eigenvalue weighted by Crippen LogP contribution is -2.37. The number of unbranched alkanes of at least 4 members (excludes halogenated alkanes) is 1. The molecule has 0 radical (unpaired) electrons. The summed E-state index contributed by atoms with van der Waals surface area (Å²) in [7, 11) is -1.18. The SMILES string of the molecule is NC(CCCCB(O)O)CCN1CCC(CO)CC1.O=C=O. The minimum absolute atomic E-state index is 0.214. The second kappa shape index (κ2) is 13.9. The Morgan fingerprint density at radius 3 is 2.27 bits per heavy atom. The Kier molecular flexibility index (Phi) is 13.4. The fourth-order valence-electron chi connectivity index (χ4n) is 2.62. The maximum absolute atomic E-state index is 9.08. The zero-order chi connectivity index (χ0) is 16.8. The van der Waals surface area contributed by atoms with Gasteiger partial charge >= 0.3 is 13.3 Å². The molecule has 0 aliphatic carbocycles.